The van der Waals surface area contributed by atoms with Gasteiger partial charge in [-0.3, -0.25) is 4.79 Å². The molecule has 82 valence electrons. The molecule has 0 bridgehead atoms. The Labute approximate surface area is 98.6 Å². The van der Waals surface area contributed by atoms with Gasteiger partial charge in [0.15, 0.2) is 0 Å². The summed E-state index contributed by atoms with van der Waals surface area (Å²) in [5.74, 6) is 2.58. The first-order chi connectivity index (χ1) is 7.61. The molecule has 1 aromatic heterocycles. The lowest BCUT2D eigenvalue weighted by atomic mass is 10.1. The minimum atomic E-state index is -0.0254. The number of amides is 1. The van der Waals surface area contributed by atoms with Gasteiger partial charge < -0.3 is 4.90 Å². The molecule has 0 saturated carbocycles. The molecule has 1 aromatic rings. The van der Waals surface area contributed by atoms with Gasteiger partial charge in [-0.2, -0.15) is 0 Å². The summed E-state index contributed by atoms with van der Waals surface area (Å²) in [7, 11) is 0. The first kappa shape index (κ1) is 10.9. The maximum Gasteiger partial charge on any atom is 0.228 e. The van der Waals surface area contributed by atoms with Gasteiger partial charge in [0.2, 0.25) is 11.2 Å². The second-order valence-corrected chi connectivity index (χ2v) is 4.02. The molecule has 1 fully saturated rings. The van der Waals surface area contributed by atoms with Crippen LogP contribution in [0.15, 0.2) is 6.20 Å². The van der Waals surface area contributed by atoms with Gasteiger partial charge in [0.05, 0.1) is 17.6 Å². The van der Waals surface area contributed by atoms with E-state index in [0.29, 0.717) is 24.3 Å². The Balaban J connectivity index is 2.32. The summed E-state index contributed by atoms with van der Waals surface area (Å²) in [6.07, 6.45) is 7.26. The number of hydrogen-bond donors (Lipinski definition) is 0. The summed E-state index contributed by atoms with van der Waals surface area (Å²) < 4.78 is 0. The van der Waals surface area contributed by atoms with Crippen LogP contribution < -0.4 is 4.90 Å². The van der Waals surface area contributed by atoms with Gasteiger partial charge in [0.1, 0.15) is 0 Å². The molecule has 1 atom stereocenters. The molecule has 4 nitrogen and oxygen atoms in total. The molecule has 2 rings (SSSR count). The van der Waals surface area contributed by atoms with E-state index in [1.807, 2.05) is 0 Å². The maximum atomic E-state index is 11.7. The molecule has 0 N–H and O–H groups in total. The largest absolute Gasteiger partial charge is 0.308 e. The Morgan fingerprint density at radius 1 is 1.69 bits per heavy atom. The summed E-state index contributed by atoms with van der Waals surface area (Å²) in [4.78, 5) is 21.2. The molecule has 16 heavy (non-hydrogen) atoms. The highest BCUT2D eigenvalue weighted by atomic mass is 35.5. The van der Waals surface area contributed by atoms with E-state index in [1.165, 1.54) is 0 Å². The van der Waals surface area contributed by atoms with Gasteiger partial charge in [-0.25, -0.2) is 9.97 Å². The summed E-state index contributed by atoms with van der Waals surface area (Å²) in [6, 6.07) is 0. The fourth-order valence-electron chi connectivity index (χ4n) is 1.75. The van der Waals surface area contributed by atoms with Crippen LogP contribution >= 0.6 is 11.6 Å². The Morgan fingerprint density at radius 3 is 3.00 bits per heavy atom. The van der Waals surface area contributed by atoms with Crippen molar-refractivity contribution in [1.82, 2.24) is 9.97 Å². The number of aryl methyl sites for hydroxylation is 1. The highest BCUT2D eigenvalue weighted by Crippen LogP contribution is 2.26. The molecule has 5 heteroatoms. The second-order valence-electron chi connectivity index (χ2n) is 3.68. The summed E-state index contributed by atoms with van der Waals surface area (Å²) in [5.41, 5.74) is 1.37. The van der Waals surface area contributed by atoms with Gasteiger partial charge in [0, 0.05) is 18.9 Å². The van der Waals surface area contributed by atoms with Crippen molar-refractivity contribution in [1.29, 1.82) is 0 Å². The monoisotopic (exact) mass is 235 g/mol. The molecule has 2 heterocycles. The zero-order valence-corrected chi connectivity index (χ0v) is 9.53. The fourth-order valence-corrected chi connectivity index (χ4v) is 1.92. The first-order valence-electron chi connectivity index (χ1n) is 4.87. The highest BCUT2D eigenvalue weighted by Gasteiger charge is 2.30. The molecule has 0 aliphatic carbocycles. The van der Waals surface area contributed by atoms with Crippen LogP contribution in [0.2, 0.25) is 5.28 Å². The molecule has 1 unspecified atom stereocenters. The number of carbonyl (C=O) groups excluding carboxylic acids is 1. The van der Waals surface area contributed by atoms with Crippen LogP contribution in [0.1, 0.15) is 12.1 Å². The van der Waals surface area contributed by atoms with Crippen LogP contribution in [-0.2, 0) is 4.79 Å². The normalized spacial score (nSPS) is 19.9. The summed E-state index contributed by atoms with van der Waals surface area (Å²) in [5, 5.41) is 0.182. The Kier molecular flexibility index (Phi) is 2.80. The predicted molar refractivity (Wildman–Crippen MR) is 61.1 cm³/mol. The first-order valence-corrected chi connectivity index (χ1v) is 5.25. The lowest BCUT2D eigenvalue weighted by Crippen LogP contribution is -2.25. The maximum absolute atomic E-state index is 11.7. The number of aromatic nitrogens is 2. The van der Waals surface area contributed by atoms with Gasteiger partial charge in [-0.1, -0.05) is 0 Å². The number of carbonyl (C=O) groups is 1. The van der Waals surface area contributed by atoms with Gasteiger partial charge >= 0.3 is 0 Å². The van der Waals surface area contributed by atoms with Crippen LogP contribution in [0.5, 0.6) is 0 Å². The Hall–Kier alpha value is -1.60. The lowest BCUT2D eigenvalue weighted by Gasteiger charge is -2.17. The van der Waals surface area contributed by atoms with Crippen LogP contribution in [0.4, 0.5) is 5.69 Å². The number of nitrogens with zero attached hydrogens (tertiary/aromatic N) is 3. The van der Waals surface area contributed by atoms with Gasteiger partial charge in [-0.15, -0.1) is 12.3 Å². The molecule has 1 saturated heterocycles. The zero-order chi connectivity index (χ0) is 11.7. The van der Waals surface area contributed by atoms with Crippen LogP contribution in [-0.4, -0.2) is 22.4 Å². The summed E-state index contributed by atoms with van der Waals surface area (Å²) in [6.45, 7) is 2.32. The third-order valence-corrected chi connectivity index (χ3v) is 2.76. The number of rotatable bonds is 1. The standard InChI is InChI=1S/C11H10ClN3O/c1-3-8-4-10(16)15(6-8)9-5-13-11(12)14-7(9)2/h1,5,8H,4,6H2,2H3. The van der Waals surface area contributed by atoms with Crippen molar-refractivity contribution in [3.8, 4) is 12.3 Å². The number of anilines is 1. The zero-order valence-electron chi connectivity index (χ0n) is 8.77. The van der Waals surface area contributed by atoms with Crippen molar-refractivity contribution in [2.45, 2.75) is 13.3 Å². The van der Waals surface area contributed by atoms with Crippen LogP contribution in [0.3, 0.4) is 0 Å². The van der Waals surface area contributed by atoms with E-state index in [-0.39, 0.29) is 17.1 Å². The van der Waals surface area contributed by atoms with E-state index in [0.717, 1.165) is 0 Å². The molecular formula is C11H10ClN3O. The van der Waals surface area contributed by atoms with Crippen LogP contribution in [0.25, 0.3) is 0 Å². The van der Waals surface area contributed by atoms with Crippen molar-refractivity contribution >= 4 is 23.2 Å². The third-order valence-electron chi connectivity index (χ3n) is 2.58. The Bertz CT molecular complexity index is 481. The third kappa shape index (κ3) is 1.86. The van der Waals surface area contributed by atoms with E-state index in [1.54, 1.807) is 18.0 Å². The smallest absolute Gasteiger partial charge is 0.228 e. The topological polar surface area (TPSA) is 46.1 Å². The average molecular weight is 236 g/mol. The fraction of sp³-hybridized carbons (Fsp3) is 0.364. The van der Waals surface area contributed by atoms with E-state index < -0.39 is 0 Å². The number of halogens is 1. The van der Waals surface area contributed by atoms with Crippen molar-refractivity contribution in [3.63, 3.8) is 0 Å². The minimum absolute atomic E-state index is 0.0111. The van der Waals surface area contributed by atoms with Gasteiger partial charge in [0.25, 0.3) is 0 Å². The lowest BCUT2D eigenvalue weighted by molar-refractivity contribution is -0.117. The molecule has 1 amide bonds. The molecule has 0 radical (unpaired) electrons. The van der Waals surface area contributed by atoms with Gasteiger partial charge in [-0.05, 0) is 18.5 Å². The van der Waals surface area contributed by atoms with E-state index in [4.69, 9.17) is 18.0 Å². The van der Waals surface area contributed by atoms with Crippen LogP contribution in [0, 0.1) is 25.2 Å². The van der Waals surface area contributed by atoms with Crippen molar-refractivity contribution in [2.24, 2.45) is 5.92 Å². The molecular weight excluding hydrogens is 226 g/mol. The highest BCUT2D eigenvalue weighted by molar-refractivity contribution is 6.28. The second kappa shape index (κ2) is 4.11. The Morgan fingerprint density at radius 2 is 2.44 bits per heavy atom. The number of hydrogen-bond acceptors (Lipinski definition) is 3. The average Bonchev–Trinajstić information content (AvgIpc) is 2.60. The molecule has 0 spiro atoms. The molecule has 1 aliphatic rings. The number of terminal acetylenes is 1. The van der Waals surface area contributed by atoms with E-state index >= 15 is 0 Å². The SMILES string of the molecule is C#CC1CC(=O)N(c2cnc(Cl)nc2C)C1. The molecule has 1 aliphatic heterocycles. The predicted octanol–water partition coefficient (Wildman–Crippen LogP) is 1.42. The molecule has 0 aromatic carbocycles. The quantitative estimate of drug-likeness (QED) is 0.546. The van der Waals surface area contributed by atoms with E-state index in [2.05, 4.69) is 15.9 Å². The van der Waals surface area contributed by atoms with E-state index in [9.17, 15) is 4.79 Å². The van der Waals surface area contributed by atoms with Crippen molar-refractivity contribution in [2.75, 3.05) is 11.4 Å². The van der Waals surface area contributed by atoms with Crippen molar-refractivity contribution < 1.29 is 4.79 Å². The minimum Gasteiger partial charge on any atom is -0.308 e. The summed E-state index contributed by atoms with van der Waals surface area (Å²) >= 11 is 5.66. The van der Waals surface area contributed by atoms with Crippen molar-refractivity contribution in [3.05, 3.63) is 17.2 Å².